The molecule has 0 saturated carbocycles. The lowest BCUT2D eigenvalue weighted by Crippen LogP contribution is -2.37. The Hall–Kier alpha value is -1.33. The van der Waals surface area contributed by atoms with Gasteiger partial charge >= 0.3 is 5.97 Å². The Morgan fingerprint density at radius 1 is 1.29 bits per heavy atom. The average molecular weight is 253 g/mol. The van der Waals surface area contributed by atoms with Gasteiger partial charge in [0.15, 0.2) is 0 Å². The molecule has 5 heteroatoms. The van der Waals surface area contributed by atoms with Crippen molar-refractivity contribution in [2.45, 2.75) is 25.7 Å². The molecule has 1 rings (SSSR count). The molecule has 0 amide bonds. The molecule has 0 unspecified atom stereocenters. The number of aliphatic hydroxyl groups excluding tert-OH is 1. The molecule has 4 nitrogen and oxygen atoms in total. The number of anilines is 1. The molecule has 0 spiro atoms. The van der Waals surface area contributed by atoms with E-state index in [-0.39, 0.29) is 0 Å². The minimum Gasteiger partial charge on any atom is -0.480 e. The highest BCUT2D eigenvalue weighted by molar-refractivity contribution is 6.88. The van der Waals surface area contributed by atoms with E-state index in [4.69, 9.17) is 10.2 Å². The molecule has 0 heterocycles. The monoisotopic (exact) mass is 253 g/mol. The highest BCUT2D eigenvalue weighted by atomic mass is 28.3. The summed E-state index contributed by atoms with van der Waals surface area (Å²) >= 11 is 0. The zero-order chi connectivity index (χ0) is 13.1. The van der Waals surface area contributed by atoms with Crippen molar-refractivity contribution >= 4 is 24.9 Å². The molecular weight excluding hydrogens is 234 g/mol. The molecule has 1 aromatic carbocycles. The minimum atomic E-state index is -1.32. The quantitative estimate of drug-likeness (QED) is 0.687. The van der Waals surface area contributed by atoms with Crippen LogP contribution >= 0.6 is 0 Å². The van der Waals surface area contributed by atoms with Gasteiger partial charge in [-0.15, -0.1) is 0 Å². The molecule has 94 valence electrons. The third kappa shape index (κ3) is 3.87. The van der Waals surface area contributed by atoms with Crippen molar-refractivity contribution in [3.8, 4) is 0 Å². The summed E-state index contributed by atoms with van der Waals surface area (Å²) in [6, 6.07) is 6.81. The maximum atomic E-state index is 10.7. The molecular formula is C12H19NO3Si. The molecule has 0 aliphatic heterocycles. The fraction of sp³-hybridized carbons (Fsp3) is 0.417. The van der Waals surface area contributed by atoms with Crippen molar-refractivity contribution < 1.29 is 15.0 Å². The van der Waals surface area contributed by atoms with E-state index in [1.165, 1.54) is 5.19 Å². The molecule has 17 heavy (non-hydrogen) atoms. The van der Waals surface area contributed by atoms with E-state index in [1.54, 1.807) is 0 Å². The molecule has 0 aliphatic rings. The molecule has 0 aromatic heterocycles. The Morgan fingerprint density at radius 3 is 2.18 bits per heavy atom. The molecule has 3 N–H and O–H groups in total. The van der Waals surface area contributed by atoms with Crippen LogP contribution in [-0.2, 0) is 4.79 Å². The number of carboxylic acids is 1. The van der Waals surface area contributed by atoms with E-state index in [9.17, 15) is 4.79 Å². The predicted octanol–water partition coefficient (Wildman–Crippen LogP) is 1.09. The third-order valence-corrected chi connectivity index (χ3v) is 4.64. The van der Waals surface area contributed by atoms with Crippen molar-refractivity contribution in [1.82, 2.24) is 0 Å². The van der Waals surface area contributed by atoms with Crippen molar-refractivity contribution in [3.05, 3.63) is 24.3 Å². The van der Waals surface area contributed by atoms with Crippen LogP contribution in [0.1, 0.15) is 0 Å². The second-order valence-electron chi connectivity index (χ2n) is 5.05. The van der Waals surface area contributed by atoms with Crippen molar-refractivity contribution in [3.63, 3.8) is 0 Å². The Bertz CT molecular complexity index is 384. The van der Waals surface area contributed by atoms with Crippen LogP contribution in [0.4, 0.5) is 5.69 Å². The Balaban J connectivity index is 2.78. The van der Waals surface area contributed by atoms with E-state index in [2.05, 4.69) is 25.0 Å². The normalized spacial score (nSPS) is 13.2. The van der Waals surface area contributed by atoms with E-state index >= 15 is 0 Å². The first-order valence-corrected chi connectivity index (χ1v) is 9.05. The molecule has 0 aliphatic carbocycles. The number of rotatable bonds is 5. The van der Waals surface area contributed by atoms with Crippen molar-refractivity contribution in [1.29, 1.82) is 0 Å². The van der Waals surface area contributed by atoms with Gasteiger partial charge in [-0.3, -0.25) is 0 Å². The molecule has 1 aromatic rings. The van der Waals surface area contributed by atoms with Gasteiger partial charge in [0.25, 0.3) is 0 Å². The van der Waals surface area contributed by atoms with Crippen LogP contribution in [0.2, 0.25) is 19.6 Å². The highest BCUT2D eigenvalue weighted by Crippen LogP contribution is 2.09. The van der Waals surface area contributed by atoms with Gasteiger partial charge in [-0.25, -0.2) is 4.79 Å². The van der Waals surface area contributed by atoms with Crippen LogP contribution in [0.25, 0.3) is 0 Å². The van der Waals surface area contributed by atoms with Crippen molar-refractivity contribution in [2.24, 2.45) is 0 Å². The van der Waals surface area contributed by atoms with E-state index < -0.39 is 26.7 Å². The zero-order valence-corrected chi connectivity index (χ0v) is 11.4. The lowest BCUT2D eigenvalue weighted by Gasteiger charge is -2.18. The summed E-state index contributed by atoms with van der Waals surface area (Å²) in [5.74, 6) is -1.05. The van der Waals surface area contributed by atoms with E-state index in [1.807, 2.05) is 24.3 Å². The number of hydrogen-bond acceptors (Lipinski definition) is 3. The SMILES string of the molecule is C[Si](C)(C)c1ccc(N[C@@H](CO)C(=O)O)cc1. The standard InChI is InChI=1S/C12H19NO3Si/c1-17(2,3)10-6-4-9(5-7-10)13-11(8-14)12(15)16/h4-7,11,13-14H,8H2,1-3H3,(H,15,16)/t11-/m0/s1. The topological polar surface area (TPSA) is 69.6 Å². The van der Waals surface area contributed by atoms with Crippen LogP contribution in [0.5, 0.6) is 0 Å². The van der Waals surface area contributed by atoms with Gasteiger partial charge < -0.3 is 15.5 Å². The number of nitrogens with one attached hydrogen (secondary N) is 1. The first kappa shape index (κ1) is 13.7. The van der Waals surface area contributed by atoms with Crippen LogP contribution in [0, 0.1) is 0 Å². The highest BCUT2D eigenvalue weighted by Gasteiger charge is 2.17. The molecule has 0 saturated heterocycles. The van der Waals surface area contributed by atoms with Gasteiger partial charge in [0.1, 0.15) is 6.04 Å². The second kappa shape index (κ2) is 5.33. The van der Waals surface area contributed by atoms with E-state index in [0.717, 1.165) is 0 Å². The molecule has 0 bridgehead atoms. The Kier molecular flexibility index (Phi) is 4.31. The maximum Gasteiger partial charge on any atom is 0.328 e. The summed E-state index contributed by atoms with van der Waals surface area (Å²) in [6.07, 6.45) is 0. The van der Waals surface area contributed by atoms with Crippen molar-refractivity contribution in [2.75, 3.05) is 11.9 Å². The lowest BCUT2D eigenvalue weighted by molar-refractivity contribution is -0.138. The number of aliphatic hydroxyl groups is 1. The predicted molar refractivity (Wildman–Crippen MR) is 71.6 cm³/mol. The van der Waals surface area contributed by atoms with Gasteiger partial charge in [-0.05, 0) is 12.1 Å². The van der Waals surface area contributed by atoms with Gasteiger partial charge in [0.2, 0.25) is 0 Å². The van der Waals surface area contributed by atoms with Crippen LogP contribution < -0.4 is 10.5 Å². The number of hydrogen-bond donors (Lipinski definition) is 3. The zero-order valence-electron chi connectivity index (χ0n) is 10.4. The summed E-state index contributed by atoms with van der Waals surface area (Å²) in [6.45, 7) is 6.33. The van der Waals surface area contributed by atoms with E-state index in [0.29, 0.717) is 5.69 Å². The number of aliphatic carboxylic acids is 1. The fourth-order valence-corrected chi connectivity index (χ4v) is 2.62. The molecule has 1 atom stereocenters. The second-order valence-corrected chi connectivity index (χ2v) is 10.1. The first-order valence-electron chi connectivity index (χ1n) is 5.55. The van der Waals surface area contributed by atoms with Gasteiger partial charge in [0.05, 0.1) is 14.7 Å². The van der Waals surface area contributed by atoms with Gasteiger partial charge in [0, 0.05) is 5.69 Å². The molecule has 0 radical (unpaired) electrons. The van der Waals surface area contributed by atoms with Crippen LogP contribution in [0.3, 0.4) is 0 Å². The lowest BCUT2D eigenvalue weighted by atomic mass is 10.2. The molecule has 0 fully saturated rings. The maximum absolute atomic E-state index is 10.7. The first-order chi connectivity index (χ1) is 7.84. The minimum absolute atomic E-state index is 0.425. The van der Waals surface area contributed by atoms with Crippen LogP contribution in [0.15, 0.2) is 24.3 Å². The van der Waals surface area contributed by atoms with Gasteiger partial charge in [-0.2, -0.15) is 0 Å². The smallest absolute Gasteiger partial charge is 0.328 e. The average Bonchev–Trinajstić information content (AvgIpc) is 2.25. The summed E-state index contributed by atoms with van der Waals surface area (Å²) in [5, 5.41) is 21.8. The summed E-state index contributed by atoms with van der Waals surface area (Å²) < 4.78 is 0. The summed E-state index contributed by atoms with van der Waals surface area (Å²) in [5.41, 5.74) is 0.716. The Labute approximate surface area is 102 Å². The largest absolute Gasteiger partial charge is 0.480 e. The third-order valence-electron chi connectivity index (χ3n) is 2.57. The van der Waals surface area contributed by atoms with Crippen LogP contribution in [-0.4, -0.2) is 36.9 Å². The van der Waals surface area contributed by atoms with Gasteiger partial charge in [-0.1, -0.05) is 37.0 Å². The fourth-order valence-electron chi connectivity index (χ4n) is 1.45. The Morgan fingerprint density at radius 2 is 1.82 bits per heavy atom. The summed E-state index contributed by atoms with van der Waals surface area (Å²) in [4.78, 5) is 10.7. The number of benzene rings is 1. The number of carboxylic acid groups (broad SMARTS) is 1. The summed E-state index contributed by atoms with van der Waals surface area (Å²) in [7, 11) is -1.32. The number of carbonyl (C=O) groups is 1.